The molecule has 6 nitrogen and oxygen atoms in total. The van der Waals surface area contributed by atoms with Crippen LogP contribution in [-0.4, -0.2) is 22.3 Å². The number of rotatable bonds is 8. The number of anilines is 1. The van der Waals surface area contributed by atoms with Gasteiger partial charge in [-0.1, -0.05) is 52.8 Å². The van der Waals surface area contributed by atoms with E-state index in [4.69, 9.17) is 0 Å². The Morgan fingerprint density at radius 2 is 1.89 bits per heavy atom. The Balaban J connectivity index is 1.74. The third-order valence-electron chi connectivity index (χ3n) is 5.75. The molecule has 0 spiro atoms. The molecule has 9 heteroatoms. The number of hydrogen-bond donors (Lipinski definition) is 1. The number of aromatic nitrogens is 3. The average Bonchev–Trinajstić information content (AvgIpc) is 3.46. The van der Waals surface area contributed by atoms with Crippen molar-refractivity contribution in [2.45, 2.75) is 57.9 Å². The average molecular weight is 527 g/mol. The maximum Gasteiger partial charge on any atom is 0.263 e. The van der Waals surface area contributed by atoms with Crippen molar-refractivity contribution < 1.29 is 12.8 Å². The van der Waals surface area contributed by atoms with Crippen LogP contribution in [0, 0.1) is 11.7 Å². The second-order valence-electron chi connectivity index (χ2n) is 10.4. The van der Waals surface area contributed by atoms with Gasteiger partial charge < -0.3 is 4.57 Å². The van der Waals surface area contributed by atoms with Crippen molar-refractivity contribution in [2.75, 3.05) is 4.72 Å². The first kappa shape index (κ1) is 26.0. The van der Waals surface area contributed by atoms with Gasteiger partial charge in [0.25, 0.3) is 10.0 Å². The molecule has 0 aliphatic heterocycles. The quantitative estimate of drug-likeness (QED) is 0.285. The molecule has 4 aromatic rings. The number of hydrogen-bond acceptors (Lipinski definition) is 5. The molecule has 0 unspecified atom stereocenters. The van der Waals surface area contributed by atoms with Gasteiger partial charge in [-0.05, 0) is 59.3 Å². The summed E-state index contributed by atoms with van der Waals surface area (Å²) in [7, 11) is -3.93. The molecule has 2 aromatic heterocycles. The summed E-state index contributed by atoms with van der Waals surface area (Å²) < 4.78 is 50.5. The number of nitrogens with one attached hydrogen (secondary N) is 1. The zero-order valence-corrected chi connectivity index (χ0v) is 22.8. The fourth-order valence-corrected chi connectivity index (χ4v) is 5.94. The molecule has 36 heavy (non-hydrogen) atoms. The summed E-state index contributed by atoms with van der Waals surface area (Å²) in [6, 6.07) is 11.8. The highest BCUT2D eigenvalue weighted by Gasteiger charge is 2.23. The molecule has 4 rings (SSSR count). The van der Waals surface area contributed by atoms with Crippen LogP contribution in [-0.2, 0) is 28.4 Å². The predicted molar refractivity (Wildman–Crippen MR) is 143 cm³/mol. The zero-order chi connectivity index (χ0) is 26.1. The van der Waals surface area contributed by atoms with Gasteiger partial charge in [0.05, 0.1) is 11.4 Å². The van der Waals surface area contributed by atoms with Crippen LogP contribution in [0.5, 0.6) is 0 Å². The maximum atomic E-state index is 15.4. The highest BCUT2D eigenvalue weighted by molar-refractivity contribution is 7.92. The molecule has 0 atom stereocenters. The fraction of sp³-hybridized carbons (Fsp3) is 0.333. The molecule has 0 saturated carbocycles. The first-order chi connectivity index (χ1) is 16.9. The first-order valence-corrected chi connectivity index (χ1v) is 14.1. The number of benzene rings is 2. The minimum Gasteiger partial charge on any atom is -0.330 e. The molecule has 190 valence electrons. The molecule has 0 saturated heterocycles. The van der Waals surface area contributed by atoms with Gasteiger partial charge in [0.2, 0.25) is 0 Å². The topological polar surface area (TPSA) is 76.9 Å². The van der Waals surface area contributed by atoms with E-state index in [1.807, 2.05) is 22.9 Å². The van der Waals surface area contributed by atoms with Gasteiger partial charge in [0, 0.05) is 34.3 Å². The molecule has 2 heterocycles. The van der Waals surface area contributed by atoms with Crippen molar-refractivity contribution in [1.29, 1.82) is 0 Å². The van der Waals surface area contributed by atoms with Gasteiger partial charge in [0.1, 0.15) is 11.6 Å². The minimum absolute atomic E-state index is 0.0831. The predicted octanol–water partition coefficient (Wildman–Crippen LogP) is 6.49. The fourth-order valence-electron chi connectivity index (χ4n) is 4.20. The van der Waals surface area contributed by atoms with Crippen molar-refractivity contribution in [3.8, 4) is 11.1 Å². The van der Waals surface area contributed by atoms with E-state index in [9.17, 15) is 8.42 Å². The second kappa shape index (κ2) is 10.1. The van der Waals surface area contributed by atoms with E-state index >= 15 is 4.39 Å². The smallest absolute Gasteiger partial charge is 0.263 e. The van der Waals surface area contributed by atoms with Gasteiger partial charge in [-0.3, -0.25) is 4.72 Å². The van der Waals surface area contributed by atoms with E-state index in [1.165, 1.54) is 6.07 Å². The van der Waals surface area contributed by atoms with Crippen LogP contribution in [0.15, 0.2) is 65.1 Å². The summed E-state index contributed by atoms with van der Waals surface area (Å²) in [5.74, 6) is 1.12. The molecular formula is C27H31FN4O2S2. The Morgan fingerprint density at radius 3 is 2.53 bits per heavy atom. The third-order valence-corrected chi connectivity index (χ3v) is 7.72. The molecule has 0 aliphatic rings. The SMILES string of the molecule is CC(C)Cc1ccc(S(=O)(=O)Nc2ccsn2)c(-c2ccc(Cn3ccnc3C(C)(C)C)c(F)c2)c1. The lowest BCUT2D eigenvalue weighted by molar-refractivity contribution is 0.505. The minimum atomic E-state index is -3.93. The Morgan fingerprint density at radius 1 is 1.11 bits per heavy atom. The monoisotopic (exact) mass is 526 g/mol. The van der Waals surface area contributed by atoms with Crippen LogP contribution in [0.4, 0.5) is 10.2 Å². The molecule has 0 radical (unpaired) electrons. The van der Waals surface area contributed by atoms with Crippen LogP contribution in [0.1, 0.15) is 51.6 Å². The highest BCUT2D eigenvalue weighted by Crippen LogP contribution is 2.32. The molecular weight excluding hydrogens is 495 g/mol. The number of nitrogens with zero attached hydrogens (tertiary/aromatic N) is 3. The number of sulfonamides is 1. The number of halogens is 1. The van der Waals surface area contributed by atoms with E-state index in [1.54, 1.807) is 35.8 Å². The van der Waals surface area contributed by atoms with Crippen LogP contribution in [0.25, 0.3) is 11.1 Å². The molecule has 0 bridgehead atoms. The van der Waals surface area contributed by atoms with E-state index in [0.29, 0.717) is 29.2 Å². The van der Waals surface area contributed by atoms with E-state index in [-0.39, 0.29) is 16.1 Å². The summed E-state index contributed by atoms with van der Waals surface area (Å²) in [5.41, 5.74) is 2.28. The normalized spacial score (nSPS) is 12.3. The lowest BCUT2D eigenvalue weighted by Gasteiger charge is -2.20. The van der Waals surface area contributed by atoms with Crippen LogP contribution < -0.4 is 4.72 Å². The maximum absolute atomic E-state index is 15.4. The van der Waals surface area contributed by atoms with Crippen molar-refractivity contribution in [3.05, 3.63) is 83.0 Å². The van der Waals surface area contributed by atoms with Gasteiger partial charge in [0.15, 0.2) is 5.82 Å². The Labute approximate surface area is 216 Å². The molecule has 0 aliphatic carbocycles. The Bertz CT molecular complexity index is 1450. The lowest BCUT2D eigenvalue weighted by Crippen LogP contribution is -2.19. The first-order valence-electron chi connectivity index (χ1n) is 11.8. The van der Waals surface area contributed by atoms with Gasteiger partial charge in [-0.15, -0.1) is 0 Å². The molecule has 1 N–H and O–H groups in total. The van der Waals surface area contributed by atoms with Gasteiger partial charge in [-0.25, -0.2) is 17.8 Å². The van der Waals surface area contributed by atoms with Crippen LogP contribution in [0.2, 0.25) is 0 Å². The second-order valence-corrected chi connectivity index (χ2v) is 12.7. The zero-order valence-electron chi connectivity index (χ0n) is 21.1. The Hall–Kier alpha value is -3.04. The van der Waals surface area contributed by atoms with Crippen molar-refractivity contribution in [1.82, 2.24) is 13.9 Å². The van der Waals surface area contributed by atoms with Crippen LogP contribution >= 0.6 is 11.5 Å². The molecule has 0 amide bonds. The van der Waals surface area contributed by atoms with Crippen molar-refractivity contribution in [2.24, 2.45) is 5.92 Å². The number of imidazole rings is 1. The third kappa shape index (κ3) is 5.84. The Kier molecular flexibility index (Phi) is 7.33. The largest absolute Gasteiger partial charge is 0.330 e. The van der Waals surface area contributed by atoms with Crippen LogP contribution in [0.3, 0.4) is 0 Å². The van der Waals surface area contributed by atoms with E-state index in [2.05, 4.69) is 48.7 Å². The molecule has 0 fully saturated rings. The van der Waals surface area contributed by atoms with Gasteiger partial charge >= 0.3 is 0 Å². The van der Waals surface area contributed by atoms with E-state index in [0.717, 1.165) is 29.3 Å². The van der Waals surface area contributed by atoms with Gasteiger partial charge in [-0.2, -0.15) is 4.37 Å². The summed E-state index contributed by atoms with van der Waals surface area (Å²) in [6.45, 7) is 10.7. The summed E-state index contributed by atoms with van der Waals surface area (Å²) >= 11 is 1.16. The lowest BCUT2D eigenvalue weighted by atomic mass is 9.95. The van der Waals surface area contributed by atoms with Crippen molar-refractivity contribution >= 4 is 27.4 Å². The highest BCUT2D eigenvalue weighted by atomic mass is 32.2. The van der Waals surface area contributed by atoms with E-state index < -0.39 is 15.8 Å². The molecule has 2 aromatic carbocycles. The standard InChI is InChI=1S/C27H31FN4O2S2/c1-18(2)14-19-6-9-24(36(33,34)31-25-10-13-35-30-25)22(15-19)20-7-8-21(23(28)16-20)17-32-12-11-29-26(32)27(3,4)5/h6-13,15-16,18H,14,17H2,1-5H3,(H,30,31). The summed E-state index contributed by atoms with van der Waals surface area (Å²) in [4.78, 5) is 4.53. The van der Waals surface area contributed by atoms with Crippen molar-refractivity contribution in [3.63, 3.8) is 0 Å². The summed E-state index contributed by atoms with van der Waals surface area (Å²) in [5, 5.41) is 1.70. The summed E-state index contributed by atoms with van der Waals surface area (Å²) in [6.07, 6.45) is 4.35.